The van der Waals surface area contributed by atoms with Crippen LogP contribution in [0.4, 0.5) is 5.00 Å². The molecule has 0 atom stereocenters. The summed E-state index contributed by atoms with van der Waals surface area (Å²) in [6.07, 6.45) is 1.15. The third-order valence-electron chi connectivity index (χ3n) is 3.43. The molecule has 0 aliphatic carbocycles. The van der Waals surface area contributed by atoms with Crippen LogP contribution in [0.15, 0.2) is 29.6 Å². The summed E-state index contributed by atoms with van der Waals surface area (Å²) < 4.78 is 4.87. The fraction of sp³-hybridized carbons (Fsp3) is 0.294. The van der Waals surface area contributed by atoms with Crippen molar-refractivity contribution in [1.29, 1.82) is 0 Å². The van der Waals surface area contributed by atoms with Crippen LogP contribution in [0, 0.1) is 0 Å². The molecule has 0 spiro atoms. The number of thiophene rings is 1. The summed E-state index contributed by atoms with van der Waals surface area (Å²) in [5.41, 5.74) is 3.27. The summed E-state index contributed by atoms with van der Waals surface area (Å²) in [5.74, 6) is -0.460. The number of methoxy groups -OCH3 is 1. The smallest absolute Gasteiger partial charge is 0.341 e. The Labute approximate surface area is 144 Å². The molecule has 0 aliphatic rings. The minimum absolute atomic E-state index is 0.195. The molecule has 122 valence electrons. The number of esters is 1. The van der Waals surface area contributed by atoms with Crippen molar-refractivity contribution in [3.8, 4) is 11.1 Å². The molecule has 6 heteroatoms. The average Bonchev–Trinajstić information content (AvgIpc) is 2.97. The molecule has 1 aromatic carbocycles. The van der Waals surface area contributed by atoms with Crippen molar-refractivity contribution in [2.75, 3.05) is 18.3 Å². The number of anilines is 1. The van der Waals surface area contributed by atoms with Crippen LogP contribution >= 0.6 is 22.9 Å². The Hall–Kier alpha value is -1.85. The fourth-order valence-corrected chi connectivity index (χ4v) is 3.31. The van der Waals surface area contributed by atoms with E-state index in [1.807, 2.05) is 29.6 Å². The SMILES string of the molecule is CCc1ccc(-c2csc(NC(=O)CCCl)c2C(=O)OC)cc1. The lowest BCUT2D eigenvalue weighted by atomic mass is 10.0. The van der Waals surface area contributed by atoms with Crippen molar-refractivity contribution < 1.29 is 14.3 Å². The van der Waals surface area contributed by atoms with Gasteiger partial charge in [0.15, 0.2) is 0 Å². The maximum absolute atomic E-state index is 12.2. The number of amides is 1. The number of hydrogen-bond donors (Lipinski definition) is 1. The van der Waals surface area contributed by atoms with Gasteiger partial charge in [-0.3, -0.25) is 4.79 Å². The van der Waals surface area contributed by atoms with Gasteiger partial charge in [0.05, 0.1) is 7.11 Å². The summed E-state index contributed by atoms with van der Waals surface area (Å²) in [4.78, 5) is 23.9. The van der Waals surface area contributed by atoms with E-state index >= 15 is 0 Å². The second-order valence-corrected chi connectivity index (χ2v) is 6.14. The van der Waals surface area contributed by atoms with E-state index in [0.717, 1.165) is 17.5 Å². The van der Waals surface area contributed by atoms with E-state index in [-0.39, 0.29) is 18.2 Å². The summed E-state index contributed by atoms with van der Waals surface area (Å²) in [6.45, 7) is 2.09. The molecule has 1 heterocycles. The summed E-state index contributed by atoms with van der Waals surface area (Å²) in [5, 5.41) is 5.07. The molecule has 23 heavy (non-hydrogen) atoms. The summed E-state index contributed by atoms with van der Waals surface area (Å²) in [6, 6.07) is 8.00. The van der Waals surface area contributed by atoms with Crippen molar-refractivity contribution in [3.63, 3.8) is 0 Å². The van der Waals surface area contributed by atoms with Crippen molar-refractivity contribution >= 4 is 39.8 Å². The first-order valence-electron chi connectivity index (χ1n) is 7.25. The van der Waals surface area contributed by atoms with E-state index in [4.69, 9.17) is 16.3 Å². The highest BCUT2D eigenvalue weighted by Crippen LogP contribution is 2.36. The maximum atomic E-state index is 12.2. The Morgan fingerprint density at radius 1 is 1.26 bits per heavy atom. The number of hydrogen-bond acceptors (Lipinski definition) is 4. The van der Waals surface area contributed by atoms with Crippen LogP contribution in [-0.2, 0) is 16.0 Å². The van der Waals surface area contributed by atoms with Gasteiger partial charge in [0, 0.05) is 23.2 Å². The number of nitrogens with one attached hydrogen (secondary N) is 1. The number of halogens is 1. The number of carbonyl (C=O) groups is 2. The van der Waals surface area contributed by atoms with Gasteiger partial charge in [-0.1, -0.05) is 31.2 Å². The van der Waals surface area contributed by atoms with Crippen LogP contribution in [0.25, 0.3) is 11.1 Å². The molecule has 0 radical (unpaired) electrons. The van der Waals surface area contributed by atoms with Gasteiger partial charge in [0.2, 0.25) is 5.91 Å². The molecular weight excluding hydrogens is 334 g/mol. The maximum Gasteiger partial charge on any atom is 0.341 e. The first kappa shape index (κ1) is 17.5. The predicted molar refractivity (Wildman–Crippen MR) is 94.4 cm³/mol. The largest absolute Gasteiger partial charge is 0.465 e. The van der Waals surface area contributed by atoms with E-state index in [2.05, 4.69) is 12.2 Å². The highest BCUT2D eigenvalue weighted by Gasteiger charge is 2.22. The highest BCUT2D eigenvalue weighted by molar-refractivity contribution is 7.15. The Bertz CT molecular complexity index is 694. The third-order valence-corrected chi connectivity index (χ3v) is 4.51. The quantitative estimate of drug-likeness (QED) is 0.622. The number of carbonyl (C=O) groups excluding carboxylic acids is 2. The van der Waals surface area contributed by atoms with Crippen LogP contribution in [0.3, 0.4) is 0 Å². The average molecular weight is 352 g/mol. The molecule has 0 bridgehead atoms. The van der Waals surface area contributed by atoms with Crippen molar-refractivity contribution in [2.45, 2.75) is 19.8 Å². The molecule has 1 N–H and O–H groups in total. The number of benzene rings is 1. The normalized spacial score (nSPS) is 10.4. The molecule has 1 aromatic heterocycles. The van der Waals surface area contributed by atoms with E-state index in [9.17, 15) is 9.59 Å². The number of rotatable bonds is 6. The van der Waals surface area contributed by atoms with Gasteiger partial charge in [-0.2, -0.15) is 0 Å². The molecule has 1 amide bonds. The van der Waals surface area contributed by atoms with Gasteiger partial charge in [-0.25, -0.2) is 4.79 Å². The second kappa shape index (κ2) is 8.13. The van der Waals surface area contributed by atoms with Crippen molar-refractivity contribution in [3.05, 3.63) is 40.8 Å². The fourth-order valence-electron chi connectivity index (χ4n) is 2.16. The van der Waals surface area contributed by atoms with Gasteiger partial charge in [0.1, 0.15) is 10.6 Å². The van der Waals surface area contributed by atoms with Crippen molar-refractivity contribution in [1.82, 2.24) is 0 Å². The molecule has 0 fully saturated rings. The Morgan fingerprint density at radius 2 is 1.96 bits per heavy atom. The predicted octanol–water partition coefficient (Wildman–Crippen LogP) is 4.33. The molecule has 2 aromatic rings. The minimum Gasteiger partial charge on any atom is -0.465 e. The second-order valence-electron chi connectivity index (χ2n) is 4.88. The Morgan fingerprint density at radius 3 is 2.52 bits per heavy atom. The van der Waals surface area contributed by atoms with E-state index < -0.39 is 5.97 Å². The standard InChI is InChI=1S/C17H18ClNO3S/c1-3-11-4-6-12(7-5-11)13-10-23-16(15(13)17(21)22-2)19-14(20)8-9-18/h4-7,10H,3,8-9H2,1-2H3,(H,19,20). The molecule has 2 rings (SSSR count). The lowest BCUT2D eigenvalue weighted by Gasteiger charge is -2.08. The zero-order chi connectivity index (χ0) is 16.8. The van der Waals surface area contributed by atoms with E-state index in [1.54, 1.807) is 0 Å². The highest BCUT2D eigenvalue weighted by atomic mass is 35.5. The zero-order valence-corrected chi connectivity index (χ0v) is 14.6. The lowest BCUT2D eigenvalue weighted by molar-refractivity contribution is -0.115. The van der Waals surface area contributed by atoms with Gasteiger partial charge < -0.3 is 10.1 Å². The topological polar surface area (TPSA) is 55.4 Å². The molecule has 0 aliphatic heterocycles. The Balaban J connectivity index is 2.40. The van der Waals surface area contributed by atoms with Crippen LogP contribution in [0.2, 0.25) is 0 Å². The first-order chi connectivity index (χ1) is 11.1. The van der Waals surface area contributed by atoms with Gasteiger partial charge in [-0.15, -0.1) is 22.9 Å². The summed E-state index contributed by atoms with van der Waals surface area (Å²) in [7, 11) is 1.33. The van der Waals surface area contributed by atoms with Crippen LogP contribution < -0.4 is 5.32 Å². The van der Waals surface area contributed by atoms with E-state index in [0.29, 0.717) is 10.6 Å². The van der Waals surface area contributed by atoms with Gasteiger partial charge >= 0.3 is 5.97 Å². The number of ether oxygens (including phenoxy) is 1. The molecule has 0 saturated heterocycles. The first-order valence-corrected chi connectivity index (χ1v) is 8.67. The summed E-state index contributed by atoms with van der Waals surface area (Å²) >= 11 is 6.88. The Kier molecular flexibility index (Phi) is 6.19. The molecular formula is C17H18ClNO3S. The lowest BCUT2D eigenvalue weighted by Crippen LogP contribution is -2.14. The van der Waals surface area contributed by atoms with Gasteiger partial charge in [-0.05, 0) is 17.5 Å². The molecule has 0 unspecified atom stereocenters. The van der Waals surface area contributed by atoms with E-state index in [1.165, 1.54) is 24.0 Å². The van der Waals surface area contributed by atoms with Crippen LogP contribution in [0.1, 0.15) is 29.3 Å². The molecule has 4 nitrogen and oxygen atoms in total. The minimum atomic E-state index is -0.470. The van der Waals surface area contributed by atoms with Crippen molar-refractivity contribution in [2.24, 2.45) is 0 Å². The number of alkyl halides is 1. The zero-order valence-electron chi connectivity index (χ0n) is 13.0. The van der Waals surface area contributed by atoms with Crippen LogP contribution in [0.5, 0.6) is 0 Å². The molecule has 0 saturated carbocycles. The van der Waals surface area contributed by atoms with Crippen LogP contribution in [-0.4, -0.2) is 24.9 Å². The van der Waals surface area contributed by atoms with Gasteiger partial charge in [0.25, 0.3) is 0 Å². The number of aryl methyl sites for hydroxylation is 1. The third kappa shape index (κ3) is 4.12. The monoisotopic (exact) mass is 351 g/mol.